The highest BCUT2D eigenvalue weighted by molar-refractivity contribution is 7.57. The minimum Gasteiger partial charge on any atom is -0.103 e. The Labute approximate surface area is 116 Å². The molecule has 0 aliphatic carbocycles. The molecule has 18 heavy (non-hydrogen) atoms. The van der Waals surface area contributed by atoms with Gasteiger partial charge in [-0.3, -0.25) is 0 Å². The van der Waals surface area contributed by atoms with Crippen LogP contribution in [0.25, 0.3) is 0 Å². The van der Waals surface area contributed by atoms with E-state index in [0.29, 0.717) is 0 Å². The summed E-state index contributed by atoms with van der Waals surface area (Å²) in [5.74, 6) is 0. The van der Waals surface area contributed by atoms with Crippen molar-refractivity contribution in [2.75, 3.05) is 24.6 Å². The van der Waals surface area contributed by atoms with Crippen molar-refractivity contribution < 1.29 is 0 Å². The highest BCUT2D eigenvalue weighted by atomic mass is 31.1. The van der Waals surface area contributed by atoms with Gasteiger partial charge in [0.25, 0.3) is 0 Å². The maximum Gasteiger partial charge on any atom is -0.00704 e. The van der Waals surface area contributed by atoms with Crippen molar-refractivity contribution in [1.82, 2.24) is 0 Å². The molecular weight excluding hydrogens is 254 g/mol. The molecule has 0 N–H and O–H groups in total. The number of benzene rings is 1. The van der Waals surface area contributed by atoms with Crippen molar-refractivity contribution in [3.05, 3.63) is 35.4 Å². The molecule has 0 aliphatic heterocycles. The summed E-state index contributed by atoms with van der Waals surface area (Å²) < 4.78 is 0. The van der Waals surface area contributed by atoms with Crippen LogP contribution in [0.3, 0.4) is 0 Å². The SMILES string of the molecule is CCP(CC)Cc1ccccc1CP(CC)CC. The van der Waals surface area contributed by atoms with Gasteiger partial charge in [-0.15, -0.1) is 15.8 Å². The summed E-state index contributed by atoms with van der Waals surface area (Å²) in [5.41, 5.74) is 3.28. The van der Waals surface area contributed by atoms with Crippen molar-refractivity contribution in [1.29, 1.82) is 0 Å². The van der Waals surface area contributed by atoms with Crippen molar-refractivity contribution in [3.8, 4) is 0 Å². The summed E-state index contributed by atoms with van der Waals surface area (Å²) in [4.78, 5) is 0. The van der Waals surface area contributed by atoms with Crippen LogP contribution < -0.4 is 0 Å². The number of rotatable bonds is 8. The van der Waals surface area contributed by atoms with Gasteiger partial charge in [-0.25, -0.2) is 0 Å². The van der Waals surface area contributed by atoms with Crippen LogP contribution in [0.4, 0.5) is 0 Å². The van der Waals surface area contributed by atoms with E-state index >= 15 is 0 Å². The Hall–Kier alpha value is 0.0800. The molecule has 2 heteroatoms. The van der Waals surface area contributed by atoms with E-state index in [4.69, 9.17) is 0 Å². The summed E-state index contributed by atoms with van der Waals surface area (Å²) in [6.07, 6.45) is 8.17. The fraction of sp³-hybridized carbons (Fsp3) is 0.625. The molecule has 1 aromatic carbocycles. The molecule has 1 aromatic rings. The molecule has 0 spiro atoms. The summed E-state index contributed by atoms with van der Waals surface area (Å²) in [6.45, 7) is 9.40. The first kappa shape index (κ1) is 16.1. The lowest BCUT2D eigenvalue weighted by atomic mass is 10.1. The summed E-state index contributed by atoms with van der Waals surface area (Å²) in [6, 6.07) is 9.18. The molecule has 0 bridgehead atoms. The first-order chi connectivity index (χ1) is 8.74. The second-order valence-electron chi connectivity index (χ2n) is 4.69. The lowest BCUT2D eigenvalue weighted by Crippen LogP contribution is -1.97. The molecule has 0 aliphatic rings. The monoisotopic (exact) mass is 282 g/mol. The predicted molar refractivity (Wildman–Crippen MR) is 89.9 cm³/mol. The molecule has 0 saturated carbocycles. The summed E-state index contributed by atoms with van der Waals surface area (Å²) in [5, 5.41) is 0. The number of hydrogen-bond acceptors (Lipinski definition) is 0. The van der Waals surface area contributed by atoms with Gasteiger partial charge in [-0.2, -0.15) is 0 Å². The van der Waals surface area contributed by atoms with Crippen LogP contribution in [-0.2, 0) is 12.3 Å². The van der Waals surface area contributed by atoms with Crippen molar-refractivity contribution in [2.45, 2.75) is 40.0 Å². The van der Waals surface area contributed by atoms with Crippen LogP contribution in [0.2, 0.25) is 0 Å². The van der Waals surface area contributed by atoms with E-state index in [9.17, 15) is 0 Å². The lowest BCUT2D eigenvalue weighted by Gasteiger charge is -2.19. The molecule has 0 amide bonds. The van der Waals surface area contributed by atoms with Gasteiger partial charge in [0, 0.05) is 0 Å². The van der Waals surface area contributed by atoms with E-state index in [1.165, 1.54) is 37.0 Å². The van der Waals surface area contributed by atoms with Crippen LogP contribution in [-0.4, -0.2) is 24.6 Å². The van der Waals surface area contributed by atoms with Gasteiger partial charge in [0.2, 0.25) is 0 Å². The molecule has 0 fully saturated rings. The minimum atomic E-state index is 0.225. The third-order valence-corrected chi connectivity index (χ3v) is 8.85. The largest absolute Gasteiger partial charge is 0.103 e. The quantitative estimate of drug-likeness (QED) is 0.534. The van der Waals surface area contributed by atoms with E-state index in [2.05, 4.69) is 52.0 Å². The van der Waals surface area contributed by atoms with E-state index < -0.39 is 0 Å². The molecule has 0 saturated heterocycles. The highest BCUT2D eigenvalue weighted by Gasteiger charge is 2.10. The van der Waals surface area contributed by atoms with E-state index in [1.807, 2.05) is 0 Å². The Kier molecular flexibility index (Phi) is 8.12. The average molecular weight is 282 g/mol. The van der Waals surface area contributed by atoms with E-state index in [-0.39, 0.29) is 15.8 Å². The molecular formula is C16H28P2. The third-order valence-electron chi connectivity index (χ3n) is 3.70. The molecule has 0 aromatic heterocycles. The Bertz CT molecular complexity index is 295. The van der Waals surface area contributed by atoms with Gasteiger partial charge in [-0.05, 0) is 48.1 Å². The van der Waals surface area contributed by atoms with Crippen LogP contribution in [0.5, 0.6) is 0 Å². The first-order valence-corrected chi connectivity index (χ1v) is 11.1. The Morgan fingerprint density at radius 1 is 0.667 bits per heavy atom. The maximum absolute atomic E-state index is 2.37. The van der Waals surface area contributed by atoms with Crippen molar-refractivity contribution in [3.63, 3.8) is 0 Å². The van der Waals surface area contributed by atoms with E-state index in [1.54, 1.807) is 11.1 Å². The number of hydrogen-bond donors (Lipinski definition) is 0. The second kappa shape index (κ2) is 9.06. The minimum absolute atomic E-state index is 0.225. The fourth-order valence-electron chi connectivity index (χ4n) is 2.24. The van der Waals surface area contributed by atoms with Crippen LogP contribution >= 0.6 is 15.8 Å². The topological polar surface area (TPSA) is 0 Å². The summed E-state index contributed by atoms with van der Waals surface area (Å²) >= 11 is 0. The zero-order valence-electron chi connectivity index (χ0n) is 12.4. The van der Waals surface area contributed by atoms with Crippen LogP contribution in [0.15, 0.2) is 24.3 Å². The molecule has 102 valence electrons. The fourth-order valence-corrected chi connectivity index (χ4v) is 5.61. The van der Waals surface area contributed by atoms with Crippen molar-refractivity contribution >= 4 is 15.8 Å². The molecule has 0 nitrogen and oxygen atoms in total. The smallest absolute Gasteiger partial charge is 0.00704 e. The predicted octanol–water partition coefficient (Wildman–Crippen LogP) is 5.73. The van der Waals surface area contributed by atoms with Gasteiger partial charge in [0.1, 0.15) is 0 Å². The Balaban J connectivity index is 2.78. The highest BCUT2D eigenvalue weighted by Crippen LogP contribution is 2.43. The van der Waals surface area contributed by atoms with Crippen molar-refractivity contribution in [2.24, 2.45) is 0 Å². The average Bonchev–Trinajstić information content (AvgIpc) is 2.43. The summed E-state index contributed by atoms with van der Waals surface area (Å²) in [7, 11) is 0.450. The van der Waals surface area contributed by atoms with Gasteiger partial charge >= 0.3 is 0 Å². The molecule has 0 heterocycles. The molecule has 0 unspecified atom stereocenters. The third kappa shape index (κ3) is 4.99. The van der Waals surface area contributed by atoms with Gasteiger partial charge in [0.15, 0.2) is 0 Å². The Morgan fingerprint density at radius 2 is 1.00 bits per heavy atom. The van der Waals surface area contributed by atoms with E-state index in [0.717, 1.165) is 0 Å². The van der Waals surface area contributed by atoms with Crippen LogP contribution in [0, 0.1) is 0 Å². The van der Waals surface area contributed by atoms with Gasteiger partial charge in [-0.1, -0.05) is 52.0 Å². The molecule has 0 radical (unpaired) electrons. The van der Waals surface area contributed by atoms with Gasteiger partial charge < -0.3 is 0 Å². The molecule has 0 atom stereocenters. The second-order valence-corrected chi connectivity index (χ2v) is 10.5. The molecule has 1 rings (SSSR count). The maximum atomic E-state index is 2.37. The zero-order valence-corrected chi connectivity index (χ0v) is 14.2. The Morgan fingerprint density at radius 3 is 1.28 bits per heavy atom. The zero-order chi connectivity index (χ0) is 13.4. The van der Waals surface area contributed by atoms with Gasteiger partial charge in [0.05, 0.1) is 0 Å². The standard InChI is InChI=1S/C16H28P2/c1-5-17(6-2)13-15-11-9-10-12-16(15)14-18(7-3)8-4/h9-12H,5-8,13-14H2,1-4H3. The van der Waals surface area contributed by atoms with Crippen LogP contribution in [0.1, 0.15) is 38.8 Å². The first-order valence-electron chi connectivity index (χ1n) is 7.26. The lowest BCUT2D eigenvalue weighted by molar-refractivity contribution is 1.22. The normalized spacial score (nSPS) is 11.4.